The molecule has 2 amide bonds. The molecule has 0 aromatic heterocycles. The Bertz CT molecular complexity index is 647. The number of ether oxygens (including phenoxy) is 1. The summed E-state index contributed by atoms with van der Waals surface area (Å²) in [4.78, 5) is 28.9. The van der Waals surface area contributed by atoms with Gasteiger partial charge in [0.25, 0.3) is 0 Å². The molecule has 0 bridgehead atoms. The van der Waals surface area contributed by atoms with Gasteiger partial charge >= 0.3 is 0 Å². The van der Waals surface area contributed by atoms with Crippen LogP contribution < -0.4 is 10.1 Å². The molecule has 1 atom stereocenters. The van der Waals surface area contributed by atoms with Crippen LogP contribution in [0.5, 0.6) is 5.75 Å². The topological polar surface area (TPSA) is 61.9 Å². The monoisotopic (exact) mass is 373 g/mol. The van der Waals surface area contributed by atoms with Crippen molar-refractivity contribution in [3.63, 3.8) is 0 Å². The summed E-state index contributed by atoms with van der Waals surface area (Å²) in [5, 5.41) is 2.76. The zero-order valence-electron chi connectivity index (χ0n) is 16.8. The van der Waals surface area contributed by atoms with E-state index in [4.69, 9.17) is 4.74 Å². The Morgan fingerprint density at radius 1 is 1.11 bits per heavy atom. The van der Waals surface area contributed by atoms with Crippen molar-refractivity contribution in [2.45, 2.75) is 26.8 Å². The summed E-state index contributed by atoms with van der Waals surface area (Å²) in [7, 11) is 1.61. The number of amides is 2. The Morgan fingerprint density at radius 3 is 2.30 bits per heavy atom. The number of nitrogens with one attached hydrogen (secondary N) is 1. The minimum absolute atomic E-state index is 0.0228. The fourth-order valence-electron chi connectivity index (χ4n) is 3.15. The van der Waals surface area contributed by atoms with Gasteiger partial charge in [0.05, 0.1) is 7.11 Å². The molecule has 1 heterocycles. The molecular weight excluding hydrogens is 342 g/mol. The third kappa shape index (κ3) is 6.71. The van der Waals surface area contributed by atoms with E-state index >= 15 is 0 Å². The molecule has 1 aromatic rings. The van der Waals surface area contributed by atoms with Crippen molar-refractivity contribution < 1.29 is 14.3 Å². The maximum atomic E-state index is 12.6. The summed E-state index contributed by atoms with van der Waals surface area (Å²) in [6.45, 7) is 10.4. The van der Waals surface area contributed by atoms with Crippen LogP contribution in [0.2, 0.25) is 0 Å². The second kappa shape index (κ2) is 10.1. The van der Waals surface area contributed by atoms with Gasteiger partial charge in [0.15, 0.2) is 0 Å². The first-order valence-corrected chi connectivity index (χ1v) is 9.53. The van der Waals surface area contributed by atoms with E-state index in [2.05, 4.69) is 24.1 Å². The van der Waals surface area contributed by atoms with Crippen LogP contribution in [0.15, 0.2) is 30.3 Å². The highest BCUT2D eigenvalue weighted by Crippen LogP contribution is 2.12. The Labute approximate surface area is 162 Å². The predicted molar refractivity (Wildman–Crippen MR) is 107 cm³/mol. The predicted octanol–water partition coefficient (Wildman–Crippen LogP) is 2.01. The molecule has 0 aliphatic carbocycles. The Balaban J connectivity index is 1.79. The second-order valence-electron chi connectivity index (χ2n) is 7.36. The molecule has 1 aromatic carbocycles. The largest absolute Gasteiger partial charge is 0.497 e. The molecule has 27 heavy (non-hydrogen) atoms. The molecule has 1 fully saturated rings. The van der Waals surface area contributed by atoms with Gasteiger partial charge in [-0.1, -0.05) is 26.0 Å². The highest BCUT2D eigenvalue weighted by Gasteiger charge is 2.25. The Kier molecular flexibility index (Phi) is 7.85. The first-order chi connectivity index (χ1) is 12.9. The molecule has 2 rings (SSSR count). The Hall–Kier alpha value is -2.34. The molecular formula is C21H31N3O3. The van der Waals surface area contributed by atoms with Gasteiger partial charge in [-0.25, -0.2) is 0 Å². The van der Waals surface area contributed by atoms with Crippen LogP contribution in [0.25, 0.3) is 6.08 Å². The maximum absolute atomic E-state index is 12.6. The summed E-state index contributed by atoms with van der Waals surface area (Å²) in [6.07, 6.45) is 3.17. The number of piperazine rings is 1. The van der Waals surface area contributed by atoms with E-state index in [1.165, 1.54) is 6.08 Å². The summed E-state index contributed by atoms with van der Waals surface area (Å²) >= 11 is 0. The molecule has 0 radical (unpaired) electrons. The minimum atomic E-state index is -0.533. The van der Waals surface area contributed by atoms with Crippen LogP contribution in [0.4, 0.5) is 0 Å². The zero-order valence-corrected chi connectivity index (χ0v) is 16.8. The number of carbonyl (C=O) groups excluding carboxylic acids is 2. The Morgan fingerprint density at radius 2 is 1.74 bits per heavy atom. The van der Waals surface area contributed by atoms with Crippen LogP contribution in [-0.2, 0) is 9.59 Å². The lowest BCUT2D eigenvalue weighted by atomic mass is 10.1. The molecule has 1 N–H and O–H groups in total. The highest BCUT2D eigenvalue weighted by atomic mass is 16.5. The van der Waals surface area contributed by atoms with Gasteiger partial charge < -0.3 is 15.0 Å². The molecule has 0 saturated carbocycles. The third-order valence-electron chi connectivity index (χ3n) is 4.58. The summed E-state index contributed by atoms with van der Waals surface area (Å²) in [5.74, 6) is 1.10. The summed E-state index contributed by atoms with van der Waals surface area (Å²) in [5.41, 5.74) is 0.895. The molecule has 0 spiro atoms. The number of benzene rings is 1. The molecule has 1 unspecified atom stereocenters. The van der Waals surface area contributed by atoms with Crippen molar-refractivity contribution in [3.8, 4) is 5.75 Å². The second-order valence-corrected chi connectivity index (χ2v) is 7.36. The smallest absolute Gasteiger partial charge is 0.244 e. The fourth-order valence-corrected chi connectivity index (χ4v) is 3.15. The van der Waals surface area contributed by atoms with Crippen LogP contribution in [0, 0.1) is 5.92 Å². The van der Waals surface area contributed by atoms with Crippen molar-refractivity contribution in [2.75, 3.05) is 39.8 Å². The van der Waals surface area contributed by atoms with Crippen LogP contribution in [-0.4, -0.2) is 67.5 Å². The summed E-state index contributed by atoms with van der Waals surface area (Å²) < 4.78 is 5.11. The minimum Gasteiger partial charge on any atom is -0.497 e. The van der Waals surface area contributed by atoms with Gasteiger partial charge in [-0.3, -0.25) is 14.5 Å². The lowest BCUT2D eigenvalue weighted by molar-refractivity contribution is -0.136. The van der Waals surface area contributed by atoms with Crippen molar-refractivity contribution in [1.29, 1.82) is 0 Å². The van der Waals surface area contributed by atoms with Crippen molar-refractivity contribution >= 4 is 17.9 Å². The lowest BCUT2D eigenvalue weighted by Gasteiger charge is -2.36. The van der Waals surface area contributed by atoms with Gasteiger partial charge in [0, 0.05) is 38.8 Å². The van der Waals surface area contributed by atoms with Crippen LogP contribution >= 0.6 is 0 Å². The van der Waals surface area contributed by atoms with Crippen molar-refractivity contribution in [2.24, 2.45) is 5.92 Å². The molecule has 148 valence electrons. The van der Waals surface area contributed by atoms with E-state index in [-0.39, 0.29) is 11.8 Å². The third-order valence-corrected chi connectivity index (χ3v) is 4.58. The SMILES string of the molecule is COc1ccc(/C=C/C(=O)NC(C)C(=O)N2CCN(CC(C)C)CC2)cc1. The number of hydrogen-bond donors (Lipinski definition) is 1. The summed E-state index contributed by atoms with van der Waals surface area (Å²) in [6, 6.07) is 6.88. The molecule has 6 heteroatoms. The van der Waals surface area contributed by atoms with Crippen LogP contribution in [0.3, 0.4) is 0 Å². The number of nitrogens with zero attached hydrogens (tertiary/aromatic N) is 2. The van der Waals surface area contributed by atoms with Gasteiger partial charge in [-0.05, 0) is 36.6 Å². The van der Waals surface area contributed by atoms with Gasteiger partial charge in [-0.15, -0.1) is 0 Å². The molecule has 1 aliphatic heterocycles. The highest BCUT2D eigenvalue weighted by molar-refractivity contribution is 5.95. The average molecular weight is 373 g/mol. The van der Waals surface area contributed by atoms with E-state index in [1.807, 2.05) is 29.2 Å². The first kappa shape index (κ1) is 21.0. The molecule has 1 aliphatic rings. The van der Waals surface area contributed by atoms with Crippen LogP contribution in [0.1, 0.15) is 26.3 Å². The van der Waals surface area contributed by atoms with Crippen molar-refractivity contribution in [1.82, 2.24) is 15.1 Å². The van der Waals surface area contributed by atoms with Gasteiger partial charge in [-0.2, -0.15) is 0 Å². The quantitative estimate of drug-likeness (QED) is 0.743. The number of methoxy groups -OCH3 is 1. The number of hydrogen-bond acceptors (Lipinski definition) is 4. The lowest BCUT2D eigenvalue weighted by Crippen LogP contribution is -2.54. The number of rotatable bonds is 7. The fraction of sp³-hybridized carbons (Fsp3) is 0.524. The van der Waals surface area contributed by atoms with E-state index in [9.17, 15) is 9.59 Å². The zero-order chi connectivity index (χ0) is 19.8. The first-order valence-electron chi connectivity index (χ1n) is 9.53. The van der Waals surface area contributed by atoms with Crippen molar-refractivity contribution in [3.05, 3.63) is 35.9 Å². The standard InChI is InChI=1S/C21H31N3O3/c1-16(2)15-23-11-13-24(14-12-23)21(26)17(3)22-20(25)10-7-18-5-8-19(27-4)9-6-18/h5-10,16-17H,11-15H2,1-4H3,(H,22,25)/b10-7+. The van der Waals surface area contributed by atoms with Gasteiger partial charge in [0.2, 0.25) is 11.8 Å². The van der Waals surface area contributed by atoms with E-state index in [1.54, 1.807) is 20.1 Å². The molecule has 6 nitrogen and oxygen atoms in total. The average Bonchev–Trinajstić information content (AvgIpc) is 2.66. The van der Waals surface area contributed by atoms with E-state index in [0.29, 0.717) is 19.0 Å². The van der Waals surface area contributed by atoms with E-state index < -0.39 is 6.04 Å². The normalized spacial score (nSPS) is 16.6. The van der Waals surface area contributed by atoms with Gasteiger partial charge in [0.1, 0.15) is 11.8 Å². The van der Waals surface area contributed by atoms with E-state index in [0.717, 1.165) is 30.9 Å². The molecule has 1 saturated heterocycles. The number of carbonyl (C=O) groups is 2. The maximum Gasteiger partial charge on any atom is 0.244 e.